The highest BCUT2D eigenvalue weighted by Gasteiger charge is 2.22. The first-order valence-corrected chi connectivity index (χ1v) is 7.11. The van der Waals surface area contributed by atoms with Crippen molar-refractivity contribution in [3.8, 4) is 0 Å². The molecule has 2 N–H and O–H groups in total. The van der Waals surface area contributed by atoms with E-state index in [9.17, 15) is 4.79 Å². The Bertz CT molecular complexity index is 234. The van der Waals surface area contributed by atoms with Crippen LogP contribution in [0.4, 0.5) is 0 Å². The fourth-order valence-electron chi connectivity index (χ4n) is 2.57. The van der Waals surface area contributed by atoms with Crippen molar-refractivity contribution >= 4 is 5.91 Å². The van der Waals surface area contributed by atoms with E-state index in [1.807, 2.05) is 6.92 Å². The van der Waals surface area contributed by atoms with Crippen molar-refractivity contribution in [2.24, 2.45) is 5.92 Å². The van der Waals surface area contributed by atoms with Gasteiger partial charge in [-0.2, -0.15) is 0 Å². The summed E-state index contributed by atoms with van der Waals surface area (Å²) in [6.07, 6.45) is 5.89. The normalized spacial score (nSPS) is 20.5. The Balaban J connectivity index is 2.34. The van der Waals surface area contributed by atoms with Gasteiger partial charge in [0.2, 0.25) is 5.91 Å². The number of hydrogen-bond acceptors (Lipinski definition) is 2. The molecular formula is C14H28N2O. The standard InChI is InChI=1S/C14H28N2O/c1-5-13(10(2)3)15-11(4)14(17)16-12-8-6-7-9-12/h10-13,15H,5-9H2,1-4H3,(H,16,17). The number of carbonyl (C=O) groups is 1. The van der Waals surface area contributed by atoms with Crippen LogP contribution in [0.25, 0.3) is 0 Å². The lowest BCUT2D eigenvalue weighted by Crippen LogP contribution is -2.50. The average molecular weight is 240 g/mol. The zero-order chi connectivity index (χ0) is 12.8. The van der Waals surface area contributed by atoms with Crippen LogP contribution in [-0.2, 0) is 4.79 Å². The van der Waals surface area contributed by atoms with Crippen LogP contribution in [-0.4, -0.2) is 24.0 Å². The Kier molecular flexibility index (Phi) is 5.96. The second-order valence-corrected chi connectivity index (χ2v) is 5.64. The van der Waals surface area contributed by atoms with E-state index in [2.05, 4.69) is 31.4 Å². The minimum Gasteiger partial charge on any atom is -0.352 e. The van der Waals surface area contributed by atoms with E-state index >= 15 is 0 Å². The van der Waals surface area contributed by atoms with Crippen LogP contribution in [0.15, 0.2) is 0 Å². The zero-order valence-electron chi connectivity index (χ0n) is 11.8. The van der Waals surface area contributed by atoms with Crippen LogP contribution in [0.3, 0.4) is 0 Å². The lowest BCUT2D eigenvalue weighted by atomic mass is 10.0. The van der Waals surface area contributed by atoms with Gasteiger partial charge >= 0.3 is 0 Å². The van der Waals surface area contributed by atoms with Crippen LogP contribution in [0, 0.1) is 5.92 Å². The van der Waals surface area contributed by atoms with Gasteiger partial charge in [-0.05, 0) is 32.1 Å². The summed E-state index contributed by atoms with van der Waals surface area (Å²) in [7, 11) is 0. The first-order valence-electron chi connectivity index (χ1n) is 7.11. The van der Waals surface area contributed by atoms with Gasteiger partial charge in [0.05, 0.1) is 6.04 Å². The molecule has 0 saturated heterocycles. The maximum absolute atomic E-state index is 12.0. The van der Waals surface area contributed by atoms with E-state index in [0.717, 1.165) is 19.3 Å². The molecule has 2 unspecified atom stereocenters. The summed E-state index contributed by atoms with van der Waals surface area (Å²) in [5.41, 5.74) is 0. The van der Waals surface area contributed by atoms with Crippen molar-refractivity contribution in [2.45, 2.75) is 77.9 Å². The van der Waals surface area contributed by atoms with Gasteiger partial charge in [-0.3, -0.25) is 4.79 Å². The monoisotopic (exact) mass is 240 g/mol. The molecule has 0 aromatic carbocycles. The molecule has 1 aliphatic rings. The highest BCUT2D eigenvalue weighted by molar-refractivity contribution is 5.81. The zero-order valence-corrected chi connectivity index (χ0v) is 11.8. The van der Waals surface area contributed by atoms with Gasteiger partial charge in [0.1, 0.15) is 0 Å². The molecule has 0 aromatic rings. The molecule has 3 heteroatoms. The van der Waals surface area contributed by atoms with Gasteiger partial charge < -0.3 is 10.6 Å². The lowest BCUT2D eigenvalue weighted by Gasteiger charge is -2.25. The van der Waals surface area contributed by atoms with Crippen LogP contribution in [0.2, 0.25) is 0 Å². The third kappa shape index (κ3) is 4.66. The van der Waals surface area contributed by atoms with Gasteiger partial charge in [0, 0.05) is 12.1 Å². The van der Waals surface area contributed by atoms with E-state index in [1.54, 1.807) is 0 Å². The fourth-order valence-corrected chi connectivity index (χ4v) is 2.57. The predicted molar refractivity (Wildman–Crippen MR) is 71.9 cm³/mol. The summed E-state index contributed by atoms with van der Waals surface area (Å²) in [6, 6.07) is 0.771. The molecule has 1 amide bonds. The van der Waals surface area contributed by atoms with Crippen LogP contribution < -0.4 is 10.6 Å². The van der Waals surface area contributed by atoms with E-state index in [-0.39, 0.29) is 11.9 Å². The van der Waals surface area contributed by atoms with Gasteiger partial charge in [-0.15, -0.1) is 0 Å². The van der Waals surface area contributed by atoms with Crippen molar-refractivity contribution in [1.29, 1.82) is 0 Å². The largest absolute Gasteiger partial charge is 0.352 e. The Morgan fingerprint density at radius 1 is 1.24 bits per heavy atom. The topological polar surface area (TPSA) is 41.1 Å². The summed E-state index contributed by atoms with van der Waals surface area (Å²) in [6.45, 7) is 8.53. The number of rotatable bonds is 6. The molecule has 0 spiro atoms. The summed E-state index contributed by atoms with van der Waals surface area (Å²) in [5.74, 6) is 0.734. The first kappa shape index (κ1) is 14.5. The number of hydrogen-bond donors (Lipinski definition) is 2. The van der Waals surface area contributed by atoms with Crippen molar-refractivity contribution in [1.82, 2.24) is 10.6 Å². The molecule has 1 fully saturated rings. The van der Waals surface area contributed by atoms with Gasteiger partial charge in [0.15, 0.2) is 0 Å². The molecule has 1 rings (SSSR count). The maximum Gasteiger partial charge on any atom is 0.237 e. The van der Waals surface area contributed by atoms with Crippen molar-refractivity contribution in [3.63, 3.8) is 0 Å². The quantitative estimate of drug-likeness (QED) is 0.749. The number of carbonyl (C=O) groups excluding carboxylic acids is 1. The summed E-state index contributed by atoms with van der Waals surface area (Å²) >= 11 is 0. The molecule has 2 atom stereocenters. The van der Waals surface area contributed by atoms with E-state index in [4.69, 9.17) is 0 Å². The molecule has 1 aliphatic carbocycles. The molecule has 100 valence electrons. The minimum atomic E-state index is -0.0806. The molecule has 17 heavy (non-hydrogen) atoms. The van der Waals surface area contributed by atoms with Gasteiger partial charge in [0.25, 0.3) is 0 Å². The Hall–Kier alpha value is -0.570. The average Bonchev–Trinajstić information content (AvgIpc) is 2.77. The van der Waals surface area contributed by atoms with Crippen LogP contribution in [0.5, 0.6) is 0 Å². The van der Waals surface area contributed by atoms with E-state index < -0.39 is 0 Å². The smallest absolute Gasteiger partial charge is 0.237 e. The Morgan fingerprint density at radius 2 is 1.82 bits per heavy atom. The molecule has 0 bridgehead atoms. The van der Waals surface area contributed by atoms with Crippen LogP contribution >= 0.6 is 0 Å². The number of nitrogens with one attached hydrogen (secondary N) is 2. The highest BCUT2D eigenvalue weighted by Crippen LogP contribution is 2.17. The Morgan fingerprint density at radius 3 is 2.29 bits per heavy atom. The molecular weight excluding hydrogens is 212 g/mol. The predicted octanol–water partition coefficient (Wildman–Crippen LogP) is 2.46. The molecule has 0 radical (unpaired) electrons. The van der Waals surface area contributed by atoms with E-state index in [1.165, 1.54) is 12.8 Å². The molecule has 0 aliphatic heterocycles. The first-order chi connectivity index (χ1) is 8.04. The molecule has 3 nitrogen and oxygen atoms in total. The molecule has 0 heterocycles. The third-order valence-corrected chi connectivity index (χ3v) is 3.80. The Labute approximate surface area is 106 Å². The third-order valence-electron chi connectivity index (χ3n) is 3.80. The highest BCUT2D eigenvalue weighted by atomic mass is 16.2. The van der Waals surface area contributed by atoms with Crippen molar-refractivity contribution in [2.75, 3.05) is 0 Å². The van der Waals surface area contributed by atoms with Gasteiger partial charge in [-0.25, -0.2) is 0 Å². The fraction of sp³-hybridized carbons (Fsp3) is 0.929. The van der Waals surface area contributed by atoms with E-state index in [0.29, 0.717) is 18.0 Å². The van der Waals surface area contributed by atoms with Crippen LogP contribution in [0.1, 0.15) is 59.8 Å². The molecule has 0 aromatic heterocycles. The summed E-state index contributed by atoms with van der Waals surface area (Å²) < 4.78 is 0. The van der Waals surface area contributed by atoms with Crippen molar-refractivity contribution < 1.29 is 4.79 Å². The summed E-state index contributed by atoms with van der Waals surface area (Å²) in [4.78, 5) is 12.0. The second kappa shape index (κ2) is 7.00. The summed E-state index contributed by atoms with van der Waals surface area (Å²) in [5, 5.41) is 6.57. The second-order valence-electron chi connectivity index (χ2n) is 5.64. The lowest BCUT2D eigenvalue weighted by molar-refractivity contribution is -0.123. The van der Waals surface area contributed by atoms with Gasteiger partial charge in [-0.1, -0.05) is 33.6 Å². The molecule has 1 saturated carbocycles. The number of amides is 1. The van der Waals surface area contributed by atoms with Crippen molar-refractivity contribution in [3.05, 3.63) is 0 Å². The minimum absolute atomic E-state index is 0.0806. The SMILES string of the molecule is CCC(NC(C)C(=O)NC1CCCC1)C(C)C. The maximum atomic E-state index is 12.0.